The lowest BCUT2D eigenvalue weighted by Gasteiger charge is -2.29. The van der Waals surface area contributed by atoms with E-state index >= 15 is 0 Å². The van der Waals surface area contributed by atoms with Gasteiger partial charge in [-0.25, -0.2) is 0 Å². The van der Waals surface area contributed by atoms with Crippen molar-refractivity contribution in [3.8, 4) is 0 Å². The van der Waals surface area contributed by atoms with Crippen molar-refractivity contribution in [2.45, 2.75) is 57.2 Å². The van der Waals surface area contributed by atoms with E-state index in [1.165, 1.54) is 32.1 Å². The zero-order valence-corrected chi connectivity index (χ0v) is 11.6. The van der Waals surface area contributed by atoms with Crippen LogP contribution in [0.25, 0.3) is 0 Å². The Labute approximate surface area is 101 Å². The molecule has 1 aliphatic carbocycles. The van der Waals surface area contributed by atoms with Gasteiger partial charge in [-0.1, -0.05) is 35.7 Å². The Morgan fingerprint density at radius 2 is 1.93 bits per heavy atom. The third-order valence-corrected chi connectivity index (χ3v) is 3.94. The van der Waals surface area contributed by atoms with Crippen molar-refractivity contribution < 1.29 is 4.79 Å². The van der Waals surface area contributed by atoms with Crippen LogP contribution in [-0.4, -0.2) is 16.8 Å². The minimum Gasteiger partial charge on any atom is -0.354 e. The number of alkyl halides is 1. The molecule has 1 amide bonds. The van der Waals surface area contributed by atoms with Crippen molar-refractivity contribution in [2.24, 2.45) is 5.41 Å². The smallest absolute Gasteiger partial charge is 0.236 e. The number of carbonyl (C=O) groups excluding carboxylic acids is 1. The van der Waals surface area contributed by atoms with E-state index in [2.05, 4.69) is 28.2 Å². The van der Waals surface area contributed by atoms with E-state index in [1.54, 1.807) is 0 Å². The van der Waals surface area contributed by atoms with Crippen molar-refractivity contribution in [2.75, 3.05) is 6.54 Å². The maximum absolute atomic E-state index is 11.7. The number of nitrogens with one attached hydrogen (secondary N) is 1. The Morgan fingerprint density at radius 3 is 2.33 bits per heavy atom. The lowest BCUT2D eigenvalue weighted by atomic mass is 9.83. The summed E-state index contributed by atoms with van der Waals surface area (Å²) in [5.41, 5.74) is 0.383. The summed E-state index contributed by atoms with van der Waals surface area (Å²) in [6.07, 6.45) is 6.36. The Bertz CT molecular complexity index is 226. The molecule has 2 nitrogen and oxygen atoms in total. The van der Waals surface area contributed by atoms with Gasteiger partial charge in [0.15, 0.2) is 0 Å². The first-order chi connectivity index (χ1) is 6.90. The fourth-order valence-electron chi connectivity index (χ4n) is 2.26. The van der Waals surface area contributed by atoms with Gasteiger partial charge in [0.25, 0.3) is 0 Å². The van der Waals surface area contributed by atoms with Gasteiger partial charge in [0.1, 0.15) is 0 Å². The van der Waals surface area contributed by atoms with Gasteiger partial charge in [-0.2, -0.15) is 0 Å². The van der Waals surface area contributed by atoms with E-state index in [0.29, 0.717) is 5.41 Å². The van der Waals surface area contributed by atoms with Crippen molar-refractivity contribution in [3.63, 3.8) is 0 Å². The molecule has 15 heavy (non-hydrogen) atoms. The first-order valence-corrected chi connectivity index (χ1v) is 6.66. The normalized spacial score (nSPS) is 20.3. The second-order valence-electron chi connectivity index (χ2n) is 5.22. The number of hydrogen-bond acceptors (Lipinski definition) is 1. The molecule has 0 aliphatic heterocycles. The van der Waals surface area contributed by atoms with Crippen molar-refractivity contribution >= 4 is 21.8 Å². The van der Waals surface area contributed by atoms with E-state index in [0.717, 1.165) is 6.54 Å². The second kappa shape index (κ2) is 4.86. The fraction of sp³-hybridized carbons (Fsp3) is 0.917. The molecule has 1 saturated carbocycles. The molecule has 0 saturated heterocycles. The van der Waals surface area contributed by atoms with Crippen LogP contribution in [0, 0.1) is 5.41 Å². The van der Waals surface area contributed by atoms with Crippen LogP contribution in [0.5, 0.6) is 0 Å². The van der Waals surface area contributed by atoms with E-state index < -0.39 is 4.32 Å². The third-order valence-electron chi connectivity index (χ3n) is 3.58. The first kappa shape index (κ1) is 13.0. The summed E-state index contributed by atoms with van der Waals surface area (Å²) in [4.78, 5) is 11.7. The molecule has 0 aromatic carbocycles. The minimum atomic E-state index is -0.444. The number of amides is 1. The lowest BCUT2D eigenvalue weighted by molar-refractivity contribution is -0.123. The molecule has 0 unspecified atom stereocenters. The van der Waals surface area contributed by atoms with E-state index in [4.69, 9.17) is 0 Å². The molecule has 0 bridgehead atoms. The first-order valence-electron chi connectivity index (χ1n) is 5.87. The molecule has 0 radical (unpaired) electrons. The van der Waals surface area contributed by atoms with Gasteiger partial charge in [-0.3, -0.25) is 4.79 Å². The van der Waals surface area contributed by atoms with E-state index in [-0.39, 0.29) is 5.91 Å². The van der Waals surface area contributed by atoms with Crippen LogP contribution in [0.4, 0.5) is 0 Å². The van der Waals surface area contributed by atoms with Crippen LogP contribution >= 0.6 is 15.9 Å². The Morgan fingerprint density at radius 1 is 1.40 bits per heavy atom. The molecule has 1 aliphatic rings. The van der Waals surface area contributed by atoms with Crippen LogP contribution in [-0.2, 0) is 4.79 Å². The molecule has 3 heteroatoms. The Kier molecular flexibility index (Phi) is 4.21. The van der Waals surface area contributed by atoms with E-state index in [9.17, 15) is 4.79 Å². The number of halogens is 1. The molecule has 0 heterocycles. The number of hydrogen-bond donors (Lipinski definition) is 1. The maximum Gasteiger partial charge on any atom is 0.236 e. The van der Waals surface area contributed by atoms with Crippen molar-refractivity contribution in [3.05, 3.63) is 0 Å². The quantitative estimate of drug-likeness (QED) is 0.785. The number of rotatable bonds is 4. The summed E-state index contributed by atoms with van der Waals surface area (Å²) < 4.78 is -0.444. The summed E-state index contributed by atoms with van der Waals surface area (Å²) in [6, 6.07) is 0. The average Bonchev–Trinajstić information content (AvgIpc) is 2.62. The zero-order valence-electron chi connectivity index (χ0n) is 10.0. The highest BCUT2D eigenvalue weighted by Gasteiger charge is 2.33. The Hall–Kier alpha value is -0.0500. The summed E-state index contributed by atoms with van der Waals surface area (Å²) in [5.74, 6) is 0.0993. The predicted molar refractivity (Wildman–Crippen MR) is 67.2 cm³/mol. The van der Waals surface area contributed by atoms with Gasteiger partial charge in [-0.05, 0) is 38.5 Å². The molecular formula is C12H22BrNO. The van der Waals surface area contributed by atoms with Crippen LogP contribution in [0.1, 0.15) is 52.9 Å². The highest BCUT2D eigenvalue weighted by atomic mass is 79.9. The molecule has 0 aromatic heterocycles. The fourth-order valence-corrected chi connectivity index (χ4v) is 2.40. The monoisotopic (exact) mass is 275 g/mol. The second-order valence-corrected chi connectivity index (χ2v) is 7.20. The molecule has 1 rings (SSSR count). The number of carbonyl (C=O) groups is 1. The summed E-state index contributed by atoms with van der Waals surface area (Å²) in [6.45, 7) is 6.85. The zero-order chi connectivity index (χ0) is 11.5. The van der Waals surface area contributed by atoms with Crippen LogP contribution in [0.15, 0.2) is 0 Å². The maximum atomic E-state index is 11.7. The van der Waals surface area contributed by atoms with Crippen LogP contribution < -0.4 is 5.32 Å². The van der Waals surface area contributed by atoms with Gasteiger partial charge in [0.05, 0.1) is 4.32 Å². The van der Waals surface area contributed by atoms with E-state index in [1.807, 2.05) is 13.8 Å². The SMILES string of the molecule is CCC1(CNC(=O)C(C)(C)Br)CCCC1. The predicted octanol–water partition coefficient (Wildman–Crippen LogP) is 3.25. The average molecular weight is 276 g/mol. The van der Waals surface area contributed by atoms with Gasteiger partial charge < -0.3 is 5.32 Å². The van der Waals surface area contributed by atoms with Gasteiger partial charge in [0, 0.05) is 6.54 Å². The molecule has 88 valence electrons. The third kappa shape index (κ3) is 3.47. The molecule has 1 N–H and O–H groups in total. The summed E-state index contributed by atoms with van der Waals surface area (Å²) >= 11 is 3.38. The Balaban J connectivity index is 2.45. The topological polar surface area (TPSA) is 29.1 Å². The molecular weight excluding hydrogens is 254 g/mol. The minimum absolute atomic E-state index is 0.0993. The molecule has 0 spiro atoms. The molecule has 0 atom stereocenters. The standard InChI is InChI=1S/C12H22BrNO/c1-4-12(7-5-6-8-12)9-14-10(15)11(2,3)13/h4-9H2,1-3H3,(H,14,15). The largest absolute Gasteiger partial charge is 0.354 e. The molecule has 0 aromatic rings. The summed E-state index contributed by atoms with van der Waals surface area (Å²) in [5, 5.41) is 3.07. The van der Waals surface area contributed by atoms with Crippen LogP contribution in [0.3, 0.4) is 0 Å². The van der Waals surface area contributed by atoms with Crippen LogP contribution in [0.2, 0.25) is 0 Å². The highest BCUT2D eigenvalue weighted by Crippen LogP contribution is 2.40. The summed E-state index contributed by atoms with van der Waals surface area (Å²) in [7, 11) is 0. The van der Waals surface area contributed by atoms with Gasteiger partial charge in [0.2, 0.25) is 5.91 Å². The highest BCUT2D eigenvalue weighted by molar-refractivity contribution is 9.10. The molecule has 1 fully saturated rings. The van der Waals surface area contributed by atoms with Gasteiger partial charge >= 0.3 is 0 Å². The van der Waals surface area contributed by atoms with Crippen molar-refractivity contribution in [1.82, 2.24) is 5.32 Å². The lowest BCUT2D eigenvalue weighted by Crippen LogP contribution is -2.43. The van der Waals surface area contributed by atoms with Crippen molar-refractivity contribution in [1.29, 1.82) is 0 Å². The van der Waals surface area contributed by atoms with Gasteiger partial charge in [-0.15, -0.1) is 0 Å².